The minimum Gasteiger partial charge on any atom is -0.394 e. The van der Waals surface area contributed by atoms with Crippen molar-refractivity contribution in [1.29, 1.82) is 0 Å². The van der Waals surface area contributed by atoms with Gasteiger partial charge in [0.2, 0.25) is 5.95 Å². The Morgan fingerprint density at radius 2 is 1.97 bits per heavy atom. The van der Waals surface area contributed by atoms with Gasteiger partial charge >= 0.3 is 6.03 Å². The molecule has 0 spiro atoms. The summed E-state index contributed by atoms with van der Waals surface area (Å²) in [4.78, 5) is 23.8. The first kappa shape index (κ1) is 19.2. The van der Waals surface area contributed by atoms with Gasteiger partial charge in [-0.3, -0.25) is 0 Å². The summed E-state index contributed by atoms with van der Waals surface area (Å²) in [6.45, 7) is 4.76. The van der Waals surface area contributed by atoms with Gasteiger partial charge in [0.15, 0.2) is 5.82 Å². The second-order valence-corrected chi connectivity index (χ2v) is 7.10. The SMILES string of the molecule is NC(=O)N1CCN(c2nc(Nc3ccc(C4CNCCO4)cc3)ncc2N)CC1. The highest BCUT2D eigenvalue weighted by atomic mass is 16.5. The molecule has 10 heteroatoms. The Balaban J connectivity index is 1.43. The van der Waals surface area contributed by atoms with Crippen LogP contribution in [-0.2, 0) is 4.74 Å². The van der Waals surface area contributed by atoms with Crippen molar-refractivity contribution in [2.75, 3.05) is 61.8 Å². The van der Waals surface area contributed by atoms with Crippen LogP contribution in [-0.4, -0.2) is 66.8 Å². The summed E-state index contributed by atoms with van der Waals surface area (Å²) in [6.07, 6.45) is 1.68. The third-order valence-corrected chi connectivity index (χ3v) is 5.15. The number of primary amides is 1. The maximum Gasteiger partial charge on any atom is 0.314 e. The van der Waals surface area contributed by atoms with Crippen LogP contribution in [0.2, 0.25) is 0 Å². The van der Waals surface area contributed by atoms with Gasteiger partial charge in [0.05, 0.1) is 24.6 Å². The van der Waals surface area contributed by atoms with Gasteiger partial charge in [0, 0.05) is 45.0 Å². The molecule has 2 fully saturated rings. The largest absolute Gasteiger partial charge is 0.394 e. The fourth-order valence-electron chi connectivity index (χ4n) is 3.52. The number of carbonyl (C=O) groups is 1. The van der Waals surface area contributed by atoms with Crippen molar-refractivity contribution in [3.05, 3.63) is 36.0 Å². The van der Waals surface area contributed by atoms with E-state index in [1.165, 1.54) is 0 Å². The molecule has 0 bridgehead atoms. The summed E-state index contributed by atoms with van der Waals surface area (Å²) in [6, 6.07) is 7.65. The second-order valence-electron chi connectivity index (χ2n) is 7.10. The van der Waals surface area contributed by atoms with Crippen molar-refractivity contribution in [1.82, 2.24) is 20.2 Å². The zero-order chi connectivity index (χ0) is 20.2. The minimum absolute atomic E-state index is 0.0799. The van der Waals surface area contributed by atoms with Gasteiger partial charge in [-0.15, -0.1) is 0 Å². The molecule has 1 unspecified atom stereocenters. The van der Waals surface area contributed by atoms with E-state index in [1.54, 1.807) is 11.1 Å². The summed E-state index contributed by atoms with van der Waals surface area (Å²) in [5.41, 5.74) is 14.0. The van der Waals surface area contributed by atoms with Crippen molar-refractivity contribution in [3.63, 3.8) is 0 Å². The molecule has 0 saturated carbocycles. The number of hydrogen-bond donors (Lipinski definition) is 4. The number of nitrogens with one attached hydrogen (secondary N) is 2. The van der Waals surface area contributed by atoms with Gasteiger partial charge in [-0.1, -0.05) is 12.1 Å². The van der Waals surface area contributed by atoms with Crippen molar-refractivity contribution >= 4 is 29.2 Å². The Morgan fingerprint density at radius 1 is 1.21 bits per heavy atom. The first-order valence-corrected chi connectivity index (χ1v) is 9.71. The van der Waals surface area contributed by atoms with Gasteiger partial charge < -0.3 is 36.6 Å². The summed E-state index contributed by atoms with van der Waals surface area (Å²) in [5, 5.41) is 6.56. The number of carbonyl (C=O) groups excluding carboxylic acids is 1. The average Bonchev–Trinajstić information content (AvgIpc) is 2.76. The third kappa shape index (κ3) is 4.49. The number of nitrogen functional groups attached to an aromatic ring is 1. The highest BCUT2D eigenvalue weighted by molar-refractivity contribution is 5.73. The molecule has 1 aromatic heterocycles. The van der Waals surface area contributed by atoms with E-state index in [1.807, 2.05) is 29.2 Å². The number of nitrogens with two attached hydrogens (primary N) is 2. The number of anilines is 4. The molecule has 10 nitrogen and oxygen atoms in total. The van der Waals surface area contributed by atoms with Gasteiger partial charge in [0.25, 0.3) is 0 Å². The number of ether oxygens (including phenoxy) is 1. The lowest BCUT2D eigenvalue weighted by molar-refractivity contribution is 0.0277. The Labute approximate surface area is 169 Å². The molecule has 2 aliphatic rings. The lowest BCUT2D eigenvalue weighted by Gasteiger charge is -2.34. The molecule has 3 heterocycles. The number of amides is 2. The molecule has 2 saturated heterocycles. The van der Waals surface area contributed by atoms with E-state index in [9.17, 15) is 4.79 Å². The number of urea groups is 1. The van der Waals surface area contributed by atoms with Gasteiger partial charge in [0.1, 0.15) is 0 Å². The van der Waals surface area contributed by atoms with E-state index in [-0.39, 0.29) is 6.10 Å². The van der Waals surface area contributed by atoms with E-state index in [0.717, 1.165) is 30.9 Å². The van der Waals surface area contributed by atoms with Crippen LogP contribution in [0.1, 0.15) is 11.7 Å². The summed E-state index contributed by atoms with van der Waals surface area (Å²) in [7, 11) is 0. The van der Waals surface area contributed by atoms with Crippen LogP contribution in [0, 0.1) is 0 Å². The zero-order valence-electron chi connectivity index (χ0n) is 16.2. The van der Waals surface area contributed by atoms with Crippen LogP contribution in [0.4, 0.5) is 27.9 Å². The normalized spacial score (nSPS) is 19.8. The number of benzene rings is 1. The Morgan fingerprint density at radius 3 is 2.62 bits per heavy atom. The molecular formula is C19H26N8O2. The average molecular weight is 398 g/mol. The van der Waals surface area contributed by atoms with Crippen LogP contribution in [0.25, 0.3) is 0 Å². The second kappa shape index (κ2) is 8.50. The smallest absolute Gasteiger partial charge is 0.314 e. The summed E-state index contributed by atoms with van der Waals surface area (Å²) >= 11 is 0. The van der Waals surface area contributed by atoms with E-state index in [0.29, 0.717) is 43.6 Å². The lowest BCUT2D eigenvalue weighted by Crippen LogP contribution is -2.50. The number of morpholine rings is 1. The summed E-state index contributed by atoms with van der Waals surface area (Å²) in [5.74, 6) is 1.12. The molecule has 2 amide bonds. The standard InChI is InChI=1S/C19H26N8O2/c20-15-11-23-19(25-17(15)26-6-8-27(9-7-26)18(21)28)24-14-3-1-13(2-4-14)16-12-22-5-10-29-16/h1-4,11,16,22H,5-10,12,20H2,(H2,21,28)(H,23,24,25). The summed E-state index contributed by atoms with van der Waals surface area (Å²) < 4.78 is 5.78. The molecule has 4 rings (SSSR count). The maximum atomic E-state index is 11.3. The molecule has 154 valence electrons. The number of hydrogen-bond acceptors (Lipinski definition) is 8. The molecule has 6 N–H and O–H groups in total. The predicted molar refractivity (Wildman–Crippen MR) is 111 cm³/mol. The van der Waals surface area contributed by atoms with Gasteiger partial charge in [-0.2, -0.15) is 4.98 Å². The number of aromatic nitrogens is 2. The topological polar surface area (TPSA) is 135 Å². The van der Waals surface area contributed by atoms with Crippen LogP contribution in [0.15, 0.2) is 30.5 Å². The van der Waals surface area contributed by atoms with Crippen LogP contribution in [0.3, 0.4) is 0 Å². The Bertz CT molecular complexity index is 846. The van der Waals surface area contributed by atoms with Crippen LogP contribution >= 0.6 is 0 Å². The zero-order valence-corrected chi connectivity index (χ0v) is 16.2. The van der Waals surface area contributed by atoms with E-state index < -0.39 is 6.03 Å². The molecular weight excluding hydrogens is 372 g/mol. The number of nitrogens with zero attached hydrogens (tertiary/aromatic N) is 4. The highest BCUT2D eigenvalue weighted by Crippen LogP contribution is 2.25. The third-order valence-electron chi connectivity index (χ3n) is 5.15. The van der Waals surface area contributed by atoms with Crippen molar-refractivity contribution in [2.45, 2.75) is 6.10 Å². The molecule has 0 aliphatic carbocycles. The van der Waals surface area contributed by atoms with Crippen LogP contribution < -0.4 is 27.0 Å². The van der Waals surface area contributed by atoms with Crippen LogP contribution in [0.5, 0.6) is 0 Å². The monoisotopic (exact) mass is 398 g/mol. The number of piperazine rings is 1. The van der Waals surface area contributed by atoms with Crippen molar-refractivity contribution < 1.29 is 9.53 Å². The fraction of sp³-hybridized carbons (Fsp3) is 0.421. The molecule has 0 radical (unpaired) electrons. The van der Waals surface area contributed by atoms with Crippen molar-refractivity contribution in [3.8, 4) is 0 Å². The fourth-order valence-corrected chi connectivity index (χ4v) is 3.52. The molecule has 2 aliphatic heterocycles. The van der Waals surface area contributed by atoms with Gasteiger partial charge in [-0.25, -0.2) is 9.78 Å². The molecule has 29 heavy (non-hydrogen) atoms. The Hall–Kier alpha value is -3.11. The highest BCUT2D eigenvalue weighted by Gasteiger charge is 2.22. The van der Waals surface area contributed by atoms with Gasteiger partial charge in [-0.05, 0) is 17.7 Å². The quantitative estimate of drug-likeness (QED) is 0.590. The lowest BCUT2D eigenvalue weighted by atomic mass is 10.1. The first-order valence-electron chi connectivity index (χ1n) is 9.71. The van der Waals surface area contributed by atoms with Crippen molar-refractivity contribution in [2.24, 2.45) is 5.73 Å². The first-order chi connectivity index (χ1) is 14.1. The van der Waals surface area contributed by atoms with E-state index in [2.05, 4.69) is 20.6 Å². The Kier molecular flexibility index (Phi) is 5.63. The molecule has 1 aromatic carbocycles. The molecule has 2 aromatic rings. The minimum atomic E-state index is -0.402. The maximum absolute atomic E-state index is 11.3. The predicted octanol–water partition coefficient (Wildman–Crippen LogP) is 0.664. The van der Waals surface area contributed by atoms with E-state index in [4.69, 9.17) is 16.2 Å². The van der Waals surface area contributed by atoms with E-state index >= 15 is 0 Å². The number of rotatable bonds is 4. The molecule has 1 atom stereocenters.